The summed E-state index contributed by atoms with van der Waals surface area (Å²) in [6.45, 7) is 4.51. The van der Waals surface area contributed by atoms with Gasteiger partial charge in [0, 0.05) is 6.42 Å². The number of amides is 1. The lowest BCUT2D eigenvalue weighted by molar-refractivity contribution is -0.870. The number of nitrogens with one attached hydrogen (secondary N) is 1. The summed E-state index contributed by atoms with van der Waals surface area (Å²) in [6.07, 6.45) is 74.4. The molecule has 3 atom stereocenters. The molecule has 1 amide bonds. The Labute approximate surface area is 431 Å². The van der Waals surface area contributed by atoms with Crippen LogP contribution in [0.5, 0.6) is 0 Å². The summed E-state index contributed by atoms with van der Waals surface area (Å²) in [5.74, 6) is -0.207. The van der Waals surface area contributed by atoms with Crippen molar-refractivity contribution in [3.8, 4) is 0 Å². The quantitative estimate of drug-likeness (QED) is 0.0272. The maximum atomic E-state index is 12.9. The summed E-state index contributed by atoms with van der Waals surface area (Å²) < 4.78 is 23.3. The average Bonchev–Trinajstić information content (AvgIpc) is 3.32. The van der Waals surface area contributed by atoms with Crippen molar-refractivity contribution in [3.05, 3.63) is 109 Å². The van der Waals surface area contributed by atoms with Crippen LogP contribution < -0.4 is 10.2 Å². The number of phosphoric acid groups is 1. The van der Waals surface area contributed by atoms with Crippen molar-refractivity contribution < 1.29 is 32.9 Å². The Morgan fingerprint density at radius 1 is 0.514 bits per heavy atom. The molecule has 0 fully saturated rings. The van der Waals surface area contributed by atoms with Gasteiger partial charge in [0.15, 0.2) is 0 Å². The highest BCUT2D eigenvalue weighted by atomic mass is 31.2. The Hall–Kier alpha value is -2.84. The second-order valence-corrected chi connectivity index (χ2v) is 21.3. The lowest BCUT2D eigenvalue weighted by Gasteiger charge is -2.29. The smallest absolute Gasteiger partial charge is 0.268 e. The van der Waals surface area contributed by atoms with Gasteiger partial charge in [0.25, 0.3) is 7.82 Å². The molecule has 0 aliphatic rings. The van der Waals surface area contributed by atoms with E-state index in [0.29, 0.717) is 17.4 Å². The number of carbonyl (C=O) groups is 1. The summed E-state index contributed by atoms with van der Waals surface area (Å²) >= 11 is 0. The molecular weight excluding hydrogens is 888 g/mol. The maximum Gasteiger partial charge on any atom is 0.268 e. The highest BCUT2D eigenvalue weighted by molar-refractivity contribution is 7.45. The molecule has 0 aromatic carbocycles. The molecule has 9 heteroatoms. The van der Waals surface area contributed by atoms with E-state index in [4.69, 9.17) is 9.05 Å². The van der Waals surface area contributed by atoms with Gasteiger partial charge >= 0.3 is 0 Å². The van der Waals surface area contributed by atoms with Gasteiger partial charge in [-0.15, -0.1) is 0 Å². The molecule has 3 unspecified atom stereocenters. The number of aliphatic hydroxyl groups is 1. The van der Waals surface area contributed by atoms with Gasteiger partial charge < -0.3 is 28.8 Å². The van der Waals surface area contributed by atoms with E-state index < -0.39 is 20.0 Å². The Morgan fingerprint density at radius 3 is 1.27 bits per heavy atom. The van der Waals surface area contributed by atoms with Crippen LogP contribution in [0.3, 0.4) is 0 Å². The molecule has 0 saturated carbocycles. The van der Waals surface area contributed by atoms with Gasteiger partial charge in [0.2, 0.25) is 5.91 Å². The van der Waals surface area contributed by atoms with Crippen LogP contribution in [-0.4, -0.2) is 68.5 Å². The molecule has 0 spiro atoms. The fourth-order valence-corrected chi connectivity index (χ4v) is 8.30. The number of phosphoric ester groups is 1. The first kappa shape index (κ1) is 67.2. The molecule has 0 radical (unpaired) electrons. The second-order valence-electron chi connectivity index (χ2n) is 19.9. The van der Waals surface area contributed by atoms with Crippen LogP contribution in [0.25, 0.3) is 0 Å². The monoisotopic (exact) mass is 995 g/mol. The van der Waals surface area contributed by atoms with E-state index in [1.54, 1.807) is 6.08 Å². The molecule has 0 aromatic rings. The van der Waals surface area contributed by atoms with Gasteiger partial charge in [-0.1, -0.05) is 239 Å². The Bertz CT molecular complexity index is 1500. The molecule has 0 aliphatic heterocycles. The molecule has 0 aromatic heterocycles. The number of hydrogen-bond donors (Lipinski definition) is 2. The molecule has 2 N–H and O–H groups in total. The van der Waals surface area contributed by atoms with Gasteiger partial charge in [-0.2, -0.15) is 0 Å². The number of rotatable bonds is 50. The molecule has 0 bridgehead atoms. The fourth-order valence-electron chi connectivity index (χ4n) is 7.58. The largest absolute Gasteiger partial charge is 0.756 e. The standard InChI is InChI=1S/C61H107N2O6P/c1-6-8-10-12-14-16-18-20-21-22-23-24-25-26-27-28-29-30-31-32-33-34-35-36-37-38-39-40-41-43-45-47-49-51-53-55-61(65)62-59(58-69-70(66,67)68-57-56-63(3,4)5)60(64)54-52-50-48-46-44-42-19-17-15-13-11-9-7-2/h8,10,14,16,20-21,23-24,26-27,29-30,32-33,35-36,52,54,59-60,64H,6-7,9,11-13,15,17-19,22,25,28,31,34,37-51,53,55-58H2,1-5H3,(H-,62,65,66,67)/b10-8-,16-14-,21-20-,24-23-,27-26-,30-29-,33-32-,36-35-,54-52+. The number of hydrogen-bond acceptors (Lipinski definition) is 6. The van der Waals surface area contributed by atoms with Crippen LogP contribution in [0.1, 0.15) is 219 Å². The molecular formula is C61H107N2O6P. The first-order chi connectivity index (χ1) is 34.0. The molecule has 0 heterocycles. The van der Waals surface area contributed by atoms with Crippen LogP contribution >= 0.6 is 7.82 Å². The van der Waals surface area contributed by atoms with Crippen molar-refractivity contribution >= 4 is 13.7 Å². The topological polar surface area (TPSA) is 108 Å². The zero-order chi connectivity index (χ0) is 51.3. The Kier molecular flexibility index (Phi) is 49.0. The summed E-state index contributed by atoms with van der Waals surface area (Å²) in [4.78, 5) is 25.4. The lowest BCUT2D eigenvalue weighted by atomic mass is 10.0. The van der Waals surface area contributed by atoms with Gasteiger partial charge in [0.05, 0.1) is 39.9 Å². The summed E-state index contributed by atoms with van der Waals surface area (Å²) in [5, 5.41) is 13.8. The van der Waals surface area contributed by atoms with Crippen molar-refractivity contribution in [2.75, 3.05) is 40.9 Å². The van der Waals surface area contributed by atoms with Gasteiger partial charge in [0.1, 0.15) is 13.2 Å². The van der Waals surface area contributed by atoms with E-state index in [9.17, 15) is 19.4 Å². The number of carbonyl (C=O) groups excluding carboxylic acids is 1. The van der Waals surface area contributed by atoms with E-state index in [1.165, 1.54) is 103 Å². The van der Waals surface area contributed by atoms with E-state index in [0.717, 1.165) is 96.3 Å². The number of likely N-dealkylation sites (N-methyl/N-ethyl adjacent to an activating group) is 1. The van der Waals surface area contributed by atoms with Crippen LogP contribution in [0.2, 0.25) is 0 Å². The molecule has 402 valence electrons. The van der Waals surface area contributed by atoms with Gasteiger partial charge in [-0.3, -0.25) is 9.36 Å². The van der Waals surface area contributed by atoms with Crippen LogP contribution in [0, 0.1) is 0 Å². The molecule has 0 rings (SSSR count). The van der Waals surface area contributed by atoms with Crippen molar-refractivity contribution in [3.63, 3.8) is 0 Å². The third-order valence-corrected chi connectivity index (χ3v) is 13.0. The van der Waals surface area contributed by atoms with Gasteiger partial charge in [-0.25, -0.2) is 0 Å². The highest BCUT2D eigenvalue weighted by Gasteiger charge is 2.23. The molecule has 70 heavy (non-hydrogen) atoms. The Morgan fingerprint density at radius 2 is 0.871 bits per heavy atom. The summed E-state index contributed by atoms with van der Waals surface area (Å²) in [6, 6.07) is -0.895. The second kappa shape index (κ2) is 51.1. The lowest BCUT2D eigenvalue weighted by Crippen LogP contribution is -2.45. The molecule has 0 saturated heterocycles. The average molecular weight is 996 g/mol. The van der Waals surface area contributed by atoms with Crippen LogP contribution in [0.4, 0.5) is 0 Å². The SMILES string of the molecule is CC/C=C\C/C=C\C/C=C\C/C=C\C/C=C\C/C=C\C/C=C\C/C=C\CCCCCCCCCCCCC(=O)NC(COP(=O)([O-])OCC[N+](C)(C)C)C(O)/C=C/CCCCCCCCCCCCC. The van der Waals surface area contributed by atoms with E-state index in [1.807, 2.05) is 27.2 Å². The minimum absolute atomic E-state index is 0.00662. The van der Waals surface area contributed by atoms with Crippen LogP contribution in [0.15, 0.2) is 109 Å². The molecule has 0 aliphatic carbocycles. The van der Waals surface area contributed by atoms with Crippen molar-refractivity contribution in [2.24, 2.45) is 0 Å². The van der Waals surface area contributed by atoms with Crippen molar-refractivity contribution in [1.82, 2.24) is 5.32 Å². The minimum Gasteiger partial charge on any atom is -0.756 e. The number of unbranched alkanes of at least 4 members (excludes halogenated alkanes) is 21. The zero-order valence-electron chi connectivity index (χ0n) is 45.7. The van der Waals surface area contributed by atoms with Gasteiger partial charge in [-0.05, 0) is 83.5 Å². The highest BCUT2D eigenvalue weighted by Crippen LogP contribution is 2.38. The zero-order valence-corrected chi connectivity index (χ0v) is 46.6. The van der Waals surface area contributed by atoms with E-state index in [-0.39, 0.29) is 19.1 Å². The summed E-state index contributed by atoms with van der Waals surface area (Å²) in [5.41, 5.74) is 0. The minimum atomic E-state index is -4.60. The third-order valence-electron chi connectivity index (χ3n) is 12.0. The van der Waals surface area contributed by atoms with Crippen LogP contribution in [-0.2, 0) is 18.4 Å². The number of aliphatic hydroxyl groups excluding tert-OH is 1. The number of allylic oxidation sites excluding steroid dienone is 17. The first-order valence-corrected chi connectivity index (χ1v) is 29.7. The number of nitrogens with zero attached hydrogens (tertiary/aromatic N) is 1. The maximum absolute atomic E-state index is 12.9. The third kappa shape index (κ3) is 53.0. The van der Waals surface area contributed by atoms with E-state index >= 15 is 0 Å². The number of quaternary nitrogens is 1. The van der Waals surface area contributed by atoms with E-state index in [2.05, 4.69) is 116 Å². The summed E-state index contributed by atoms with van der Waals surface area (Å²) in [7, 11) is 1.24. The first-order valence-electron chi connectivity index (χ1n) is 28.2. The fraction of sp³-hybridized carbons (Fsp3) is 0.689. The predicted molar refractivity (Wildman–Crippen MR) is 302 cm³/mol. The van der Waals surface area contributed by atoms with Crippen molar-refractivity contribution in [2.45, 2.75) is 231 Å². The predicted octanol–water partition coefficient (Wildman–Crippen LogP) is 16.6. The Balaban J connectivity index is 4.14. The molecule has 8 nitrogen and oxygen atoms in total. The van der Waals surface area contributed by atoms with Crippen molar-refractivity contribution in [1.29, 1.82) is 0 Å². The normalized spacial score (nSPS) is 14.8.